The fraction of sp³-hybridized carbons (Fsp3) is 0.435. The van der Waals surface area contributed by atoms with Gasteiger partial charge in [-0.05, 0) is 54.7 Å². The van der Waals surface area contributed by atoms with Gasteiger partial charge in [-0.1, -0.05) is 24.3 Å². The predicted octanol–water partition coefficient (Wildman–Crippen LogP) is 3.58. The lowest BCUT2D eigenvalue weighted by molar-refractivity contribution is -0.127. The van der Waals surface area contributed by atoms with E-state index in [0.717, 1.165) is 50.1 Å². The Bertz CT molecular complexity index is 750. The third kappa shape index (κ3) is 6.06. The van der Waals surface area contributed by atoms with Crippen LogP contribution in [0.3, 0.4) is 0 Å². The molecule has 28 heavy (non-hydrogen) atoms. The number of hydrogen-bond acceptors (Lipinski definition) is 3. The molecular formula is C23H30FN3O. The van der Waals surface area contributed by atoms with E-state index < -0.39 is 0 Å². The molecular weight excluding hydrogens is 353 g/mol. The van der Waals surface area contributed by atoms with Crippen LogP contribution in [-0.2, 0) is 17.6 Å². The maximum Gasteiger partial charge on any atom is 0.226 e. The van der Waals surface area contributed by atoms with Gasteiger partial charge in [-0.2, -0.15) is 0 Å². The molecule has 0 atom stereocenters. The van der Waals surface area contributed by atoms with Crippen molar-refractivity contribution in [3.8, 4) is 0 Å². The van der Waals surface area contributed by atoms with Gasteiger partial charge < -0.3 is 15.1 Å². The number of halogens is 1. The fourth-order valence-electron chi connectivity index (χ4n) is 3.53. The standard InChI is InChI=1S/C23H30FN3O/c1-26(2)23(28)17-19-5-9-21(10-6-19)25-22-12-15-27(16-13-22)14-11-18-3-7-20(24)8-4-18/h3-10,22,25H,11-17H2,1-2H3. The first kappa shape index (κ1) is 20.3. The van der Waals surface area contributed by atoms with Gasteiger partial charge in [0.25, 0.3) is 0 Å². The summed E-state index contributed by atoms with van der Waals surface area (Å²) in [6, 6.07) is 15.5. The summed E-state index contributed by atoms with van der Waals surface area (Å²) in [5.74, 6) is -0.0540. The molecule has 0 radical (unpaired) electrons. The molecule has 3 rings (SSSR count). The molecule has 2 aromatic carbocycles. The summed E-state index contributed by atoms with van der Waals surface area (Å²) in [4.78, 5) is 15.9. The van der Waals surface area contributed by atoms with Gasteiger partial charge in [0.15, 0.2) is 0 Å². The molecule has 1 fully saturated rings. The van der Waals surface area contributed by atoms with E-state index in [1.165, 1.54) is 17.7 Å². The molecule has 0 unspecified atom stereocenters. The van der Waals surface area contributed by atoms with Crippen LogP contribution in [0.1, 0.15) is 24.0 Å². The highest BCUT2D eigenvalue weighted by atomic mass is 19.1. The summed E-state index contributed by atoms with van der Waals surface area (Å²) in [6.45, 7) is 3.18. The van der Waals surface area contributed by atoms with Crippen molar-refractivity contribution in [3.05, 3.63) is 65.5 Å². The number of rotatable bonds is 7. The van der Waals surface area contributed by atoms with Crippen LogP contribution in [0.25, 0.3) is 0 Å². The Morgan fingerprint density at radius 2 is 1.64 bits per heavy atom. The number of nitrogens with zero attached hydrogens (tertiary/aromatic N) is 2. The number of likely N-dealkylation sites (tertiary alicyclic amines) is 1. The second-order valence-electron chi connectivity index (χ2n) is 7.80. The van der Waals surface area contributed by atoms with Gasteiger partial charge in [0.05, 0.1) is 6.42 Å². The maximum absolute atomic E-state index is 13.0. The molecule has 2 aromatic rings. The van der Waals surface area contributed by atoms with Crippen LogP contribution in [0.2, 0.25) is 0 Å². The molecule has 0 spiro atoms. The van der Waals surface area contributed by atoms with Crippen molar-refractivity contribution in [2.75, 3.05) is 39.0 Å². The summed E-state index contributed by atoms with van der Waals surface area (Å²) in [5.41, 5.74) is 3.35. The zero-order valence-corrected chi connectivity index (χ0v) is 16.8. The summed E-state index contributed by atoms with van der Waals surface area (Å²) in [5, 5.41) is 3.62. The first-order chi connectivity index (χ1) is 13.5. The molecule has 0 aromatic heterocycles. The number of likely N-dealkylation sites (N-methyl/N-ethyl adjacent to an activating group) is 1. The SMILES string of the molecule is CN(C)C(=O)Cc1ccc(NC2CCN(CCc3ccc(F)cc3)CC2)cc1. The van der Waals surface area contributed by atoms with Crippen LogP contribution in [0.4, 0.5) is 10.1 Å². The monoisotopic (exact) mass is 383 g/mol. The van der Waals surface area contributed by atoms with E-state index in [1.807, 2.05) is 24.3 Å². The molecule has 150 valence electrons. The van der Waals surface area contributed by atoms with Gasteiger partial charge >= 0.3 is 0 Å². The van der Waals surface area contributed by atoms with Crippen LogP contribution in [0.15, 0.2) is 48.5 Å². The fourth-order valence-corrected chi connectivity index (χ4v) is 3.53. The summed E-state index contributed by atoms with van der Waals surface area (Å²) in [7, 11) is 3.56. The van der Waals surface area contributed by atoms with Gasteiger partial charge in [0.2, 0.25) is 5.91 Å². The molecule has 0 saturated carbocycles. The van der Waals surface area contributed by atoms with Crippen molar-refractivity contribution in [1.29, 1.82) is 0 Å². The Morgan fingerprint density at radius 1 is 1.04 bits per heavy atom. The summed E-state index contributed by atoms with van der Waals surface area (Å²) in [6.07, 6.45) is 3.64. The Hall–Kier alpha value is -2.40. The van der Waals surface area contributed by atoms with Crippen molar-refractivity contribution in [2.24, 2.45) is 0 Å². The molecule has 0 aliphatic carbocycles. The first-order valence-corrected chi connectivity index (χ1v) is 10.0. The average Bonchev–Trinajstić information content (AvgIpc) is 2.70. The Balaban J connectivity index is 1.40. The molecule has 1 aliphatic rings. The minimum absolute atomic E-state index is 0.119. The average molecular weight is 384 g/mol. The van der Waals surface area contributed by atoms with Crippen molar-refractivity contribution >= 4 is 11.6 Å². The van der Waals surface area contributed by atoms with E-state index in [4.69, 9.17) is 0 Å². The third-order valence-electron chi connectivity index (χ3n) is 5.40. The highest BCUT2D eigenvalue weighted by molar-refractivity contribution is 5.78. The van der Waals surface area contributed by atoms with E-state index >= 15 is 0 Å². The molecule has 1 N–H and O–H groups in total. The predicted molar refractivity (Wildman–Crippen MR) is 112 cm³/mol. The summed E-state index contributed by atoms with van der Waals surface area (Å²) < 4.78 is 13.0. The summed E-state index contributed by atoms with van der Waals surface area (Å²) >= 11 is 0. The number of carbonyl (C=O) groups is 1. The van der Waals surface area contributed by atoms with Gasteiger partial charge in [0.1, 0.15) is 5.82 Å². The van der Waals surface area contributed by atoms with Gasteiger partial charge in [-0.25, -0.2) is 4.39 Å². The number of piperidine rings is 1. The van der Waals surface area contributed by atoms with Crippen LogP contribution in [-0.4, -0.2) is 55.5 Å². The zero-order valence-electron chi connectivity index (χ0n) is 16.8. The second kappa shape index (κ2) is 9.69. The highest BCUT2D eigenvalue weighted by Gasteiger charge is 2.18. The van der Waals surface area contributed by atoms with Crippen LogP contribution >= 0.6 is 0 Å². The molecule has 1 saturated heterocycles. The minimum atomic E-state index is -0.173. The molecule has 1 heterocycles. The topological polar surface area (TPSA) is 35.6 Å². The number of amides is 1. The second-order valence-corrected chi connectivity index (χ2v) is 7.80. The molecule has 1 aliphatic heterocycles. The third-order valence-corrected chi connectivity index (χ3v) is 5.40. The van der Waals surface area contributed by atoms with Crippen molar-refractivity contribution in [2.45, 2.75) is 31.7 Å². The Labute approximate surface area is 167 Å². The Kier molecular flexibility index (Phi) is 7.04. The van der Waals surface area contributed by atoms with E-state index in [1.54, 1.807) is 19.0 Å². The molecule has 1 amide bonds. The minimum Gasteiger partial charge on any atom is -0.382 e. The van der Waals surface area contributed by atoms with Crippen LogP contribution in [0, 0.1) is 5.82 Å². The lowest BCUT2D eigenvalue weighted by atomic mass is 10.0. The van der Waals surface area contributed by atoms with Gasteiger partial charge in [-0.3, -0.25) is 4.79 Å². The van der Waals surface area contributed by atoms with Crippen LogP contribution in [0.5, 0.6) is 0 Å². The van der Waals surface area contributed by atoms with E-state index in [0.29, 0.717) is 12.5 Å². The number of hydrogen-bond donors (Lipinski definition) is 1. The van der Waals surface area contributed by atoms with Gasteiger partial charge in [-0.15, -0.1) is 0 Å². The zero-order chi connectivity index (χ0) is 19.9. The number of carbonyl (C=O) groups excluding carboxylic acids is 1. The van der Waals surface area contributed by atoms with Crippen LogP contribution < -0.4 is 5.32 Å². The molecule has 4 nitrogen and oxygen atoms in total. The Morgan fingerprint density at radius 3 is 2.25 bits per heavy atom. The first-order valence-electron chi connectivity index (χ1n) is 10.0. The molecule has 5 heteroatoms. The normalized spacial score (nSPS) is 15.4. The maximum atomic E-state index is 13.0. The number of benzene rings is 2. The van der Waals surface area contributed by atoms with Crippen molar-refractivity contribution in [1.82, 2.24) is 9.80 Å². The lowest BCUT2D eigenvalue weighted by Crippen LogP contribution is -2.40. The quantitative estimate of drug-likeness (QED) is 0.794. The van der Waals surface area contributed by atoms with E-state index in [2.05, 4.69) is 22.3 Å². The largest absolute Gasteiger partial charge is 0.382 e. The van der Waals surface area contributed by atoms with E-state index in [9.17, 15) is 9.18 Å². The van der Waals surface area contributed by atoms with E-state index in [-0.39, 0.29) is 11.7 Å². The lowest BCUT2D eigenvalue weighted by Gasteiger charge is -2.33. The number of nitrogens with one attached hydrogen (secondary N) is 1. The number of anilines is 1. The van der Waals surface area contributed by atoms with Crippen molar-refractivity contribution in [3.63, 3.8) is 0 Å². The van der Waals surface area contributed by atoms with Crippen molar-refractivity contribution < 1.29 is 9.18 Å². The van der Waals surface area contributed by atoms with Gasteiger partial charge in [0, 0.05) is 45.5 Å². The smallest absolute Gasteiger partial charge is 0.226 e. The highest BCUT2D eigenvalue weighted by Crippen LogP contribution is 2.18. The molecule has 0 bridgehead atoms.